The van der Waals surface area contributed by atoms with Crippen LogP contribution in [-0.2, 0) is 30.8 Å². The maximum absolute atomic E-state index is 11.9. The quantitative estimate of drug-likeness (QED) is 0.818. The minimum Gasteiger partial charge on any atom is -0.469 e. The molecule has 1 aromatic rings. The zero-order chi connectivity index (χ0) is 14.6. The van der Waals surface area contributed by atoms with E-state index in [0.29, 0.717) is 4.47 Å². The number of hydrogen-bond acceptors (Lipinski definition) is 5. The summed E-state index contributed by atoms with van der Waals surface area (Å²) >= 11 is 3.19. The Morgan fingerprint density at radius 3 is 2.53 bits per heavy atom. The van der Waals surface area contributed by atoms with Crippen LogP contribution in [0.2, 0.25) is 0 Å². The van der Waals surface area contributed by atoms with E-state index in [4.69, 9.17) is 0 Å². The van der Waals surface area contributed by atoms with Crippen molar-refractivity contribution in [2.45, 2.75) is 18.2 Å². The van der Waals surface area contributed by atoms with Crippen molar-refractivity contribution in [2.75, 3.05) is 7.11 Å². The molecule has 0 heterocycles. The van der Waals surface area contributed by atoms with E-state index >= 15 is 0 Å². The molecule has 1 rings (SSSR count). The number of halogens is 1. The second-order valence-corrected chi connectivity index (χ2v) is 6.23. The van der Waals surface area contributed by atoms with Crippen molar-refractivity contribution in [3.05, 3.63) is 28.2 Å². The van der Waals surface area contributed by atoms with Gasteiger partial charge in [-0.2, -0.15) is 0 Å². The number of carbonyl (C=O) groups is 2. The molecule has 19 heavy (non-hydrogen) atoms. The summed E-state index contributed by atoms with van der Waals surface area (Å²) < 4.78 is 30.9. The average Bonchev–Trinajstić information content (AvgIpc) is 2.26. The fraction of sp³-hybridized carbons (Fsp3) is 0.273. The number of esters is 1. The fourth-order valence-corrected chi connectivity index (χ4v) is 3.04. The van der Waals surface area contributed by atoms with Crippen molar-refractivity contribution >= 4 is 37.8 Å². The van der Waals surface area contributed by atoms with E-state index in [-0.39, 0.29) is 16.9 Å². The molecule has 0 radical (unpaired) electrons. The molecule has 8 heteroatoms. The maximum atomic E-state index is 11.9. The first-order chi connectivity index (χ1) is 8.76. The molecular formula is C11H12BrNO5S. The number of nitrogens with one attached hydrogen (secondary N) is 1. The van der Waals surface area contributed by atoms with Crippen LogP contribution in [-0.4, -0.2) is 27.4 Å². The Hall–Kier alpha value is -1.41. The van der Waals surface area contributed by atoms with Crippen LogP contribution >= 0.6 is 15.9 Å². The molecule has 0 fully saturated rings. The van der Waals surface area contributed by atoms with Gasteiger partial charge < -0.3 is 4.74 Å². The van der Waals surface area contributed by atoms with Crippen LogP contribution < -0.4 is 4.72 Å². The molecule has 0 aliphatic carbocycles. The predicted octanol–water partition coefficient (Wildman–Crippen LogP) is 0.989. The molecule has 0 spiro atoms. The van der Waals surface area contributed by atoms with Crippen molar-refractivity contribution in [1.82, 2.24) is 4.72 Å². The van der Waals surface area contributed by atoms with Gasteiger partial charge in [0.25, 0.3) is 10.0 Å². The summed E-state index contributed by atoms with van der Waals surface area (Å²) in [5.74, 6) is -1.27. The molecule has 6 nitrogen and oxygen atoms in total. The predicted molar refractivity (Wildman–Crippen MR) is 70.9 cm³/mol. The van der Waals surface area contributed by atoms with Crippen LogP contribution in [0.4, 0.5) is 0 Å². The fourth-order valence-electron chi connectivity index (χ4n) is 1.42. The van der Waals surface area contributed by atoms with Gasteiger partial charge in [0.05, 0.1) is 18.4 Å². The SMILES string of the molecule is COC(=O)Cc1cc(Br)ccc1S(=O)(=O)NC(C)=O. The third-order valence-electron chi connectivity index (χ3n) is 2.15. The number of benzene rings is 1. The molecule has 0 saturated heterocycles. The lowest BCUT2D eigenvalue weighted by molar-refractivity contribution is -0.139. The molecule has 0 unspecified atom stereocenters. The van der Waals surface area contributed by atoms with Crippen LogP contribution in [0.1, 0.15) is 12.5 Å². The van der Waals surface area contributed by atoms with E-state index in [1.165, 1.54) is 25.3 Å². The highest BCUT2D eigenvalue weighted by molar-refractivity contribution is 9.10. The number of rotatable bonds is 4. The van der Waals surface area contributed by atoms with E-state index in [0.717, 1.165) is 6.92 Å². The van der Waals surface area contributed by atoms with Gasteiger partial charge in [0.15, 0.2) is 0 Å². The molecule has 0 bridgehead atoms. The van der Waals surface area contributed by atoms with Gasteiger partial charge in [0.2, 0.25) is 5.91 Å². The first kappa shape index (κ1) is 15.6. The lowest BCUT2D eigenvalue weighted by atomic mass is 10.1. The summed E-state index contributed by atoms with van der Waals surface area (Å²) in [5, 5.41) is 0. The number of carbonyl (C=O) groups excluding carboxylic acids is 2. The minimum atomic E-state index is -3.99. The normalized spacial score (nSPS) is 10.9. The Morgan fingerprint density at radius 2 is 2.00 bits per heavy atom. The molecule has 1 N–H and O–H groups in total. The lowest BCUT2D eigenvalue weighted by Crippen LogP contribution is -2.29. The highest BCUT2D eigenvalue weighted by atomic mass is 79.9. The van der Waals surface area contributed by atoms with Gasteiger partial charge in [-0.25, -0.2) is 13.1 Å². The van der Waals surface area contributed by atoms with Gasteiger partial charge in [-0.3, -0.25) is 9.59 Å². The van der Waals surface area contributed by atoms with Crippen molar-refractivity contribution in [3.63, 3.8) is 0 Å². The topological polar surface area (TPSA) is 89.5 Å². The van der Waals surface area contributed by atoms with E-state index < -0.39 is 21.9 Å². The Bertz CT molecular complexity index is 612. The second kappa shape index (κ2) is 6.16. The van der Waals surface area contributed by atoms with Gasteiger partial charge >= 0.3 is 5.97 Å². The van der Waals surface area contributed by atoms with E-state index in [9.17, 15) is 18.0 Å². The van der Waals surface area contributed by atoms with Crippen LogP contribution in [0, 0.1) is 0 Å². The number of sulfonamides is 1. The van der Waals surface area contributed by atoms with E-state index in [2.05, 4.69) is 20.7 Å². The van der Waals surface area contributed by atoms with Crippen LogP contribution in [0.3, 0.4) is 0 Å². The maximum Gasteiger partial charge on any atom is 0.310 e. The highest BCUT2D eigenvalue weighted by Gasteiger charge is 2.21. The van der Waals surface area contributed by atoms with Gasteiger partial charge in [0, 0.05) is 11.4 Å². The zero-order valence-electron chi connectivity index (χ0n) is 10.3. The Kier molecular flexibility index (Phi) is 5.07. The number of amides is 1. The van der Waals surface area contributed by atoms with E-state index in [1.54, 1.807) is 0 Å². The molecule has 0 saturated carbocycles. The Morgan fingerprint density at radius 1 is 1.37 bits per heavy atom. The van der Waals surface area contributed by atoms with Gasteiger partial charge in [-0.15, -0.1) is 0 Å². The molecule has 104 valence electrons. The highest BCUT2D eigenvalue weighted by Crippen LogP contribution is 2.21. The van der Waals surface area contributed by atoms with Crippen molar-refractivity contribution < 1.29 is 22.7 Å². The van der Waals surface area contributed by atoms with Crippen molar-refractivity contribution in [1.29, 1.82) is 0 Å². The first-order valence-corrected chi connectivity index (χ1v) is 7.42. The largest absolute Gasteiger partial charge is 0.469 e. The third-order valence-corrected chi connectivity index (χ3v) is 4.18. The van der Waals surface area contributed by atoms with Crippen molar-refractivity contribution in [2.24, 2.45) is 0 Å². The standard InChI is InChI=1S/C11H12BrNO5S/c1-7(14)13-19(16,17)10-4-3-9(12)5-8(10)6-11(15)18-2/h3-5H,6H2,1-2H3,(H,13,14). The van der Waals surface area contributed by atoms with Crippen LogP contribution in [0.5, 0.6) is 0 Å². The molecule has 1 amide bonds. The molecule has 0 aliphatic heterocycles. The number of ether oxygens (including phenoxy) is 1. The van der Waals surface area contributed by atoms with Crippen LogP contribution in [0.25, 0.3) is 0 Å². The summed E-state index contributed by atoms with van der Waals surface area (Å²) in [6.45, 7) is 1.09. The average molecular weight is 350 g/mol. The molecule has 1 aromatic carbocycles. The smallest absolute Gasteiger partial charge is 0.310 e. The number of methoxy groups -OCH3 is 1. The lowest BCUT2D eigenvalue weighted by Gasteiger charge is -2.10. The summed E-state index contributed by atoms with van der Waals surface area (Å²) in [7, 11) is -2.78. The Labute approximate surface area is 119 Å². The summed E-state index contributed by atoms with van der Waals surface area (Å²) in [5.41, 5.74) is 0.245. The Balaban J connectivity index is 3.27. The third kappa shape index (κ3) is 4.32. The summed E-state index contributed by atoms with van der Waals surface area (Å²) in [6, 6.07) is 4.31. The monoisotopic (exact) mass is 349 g/mol. The van der Waals surface area contributed by atoms with Gasteiger partial charge in [-0.1, -0.05) is 15.9 Å². The number of hydrogen-bond donors (Lipinski definition) is 1. The molecular weight excluding hydrogens is 338 g/mol. The van der Waals surface area contributed by atoms with E-state index in [1.807, 2.05) is 4.72 Å². The molecule has 0 aliphatic rings. The molecule has 0 atom stereocenters. The summed E-state index contributed by atoms with van der Waals surface area (Å²) in [4.78, 5) is 22.0. The van der Waals surface area contributed by atoms with Gasteiger partial charge in [-0.05, 0) is 23.8 Å². The summed E-state index contributed by atoms with van der Waals surface area (Å²) in [6.07, 6.45) is -0.204. The zero-order valence-corrected chi connectivity index (χ0v) is 12.7. The second-order valence-electron chi connectivity index (χ2n) is 3.67. The molecule has 0 aromatic heterocycles. The first-order valence-electron chi connectivity index (χ1n) is 5.15. The van der Waals surface area contributed by atoms with Crippen LogP contribution in [0.15, 0.2) is 27.6 Å². The van der Waals surface area contributed by atoms with Crippen molar-refractivity contribution in [3.8, 4) is 0 Å². The minimum absolute atomic E-state index is 0.128. The van der Waals surface area contributed by atoms with Gasteiger partial charge in [0.1, 0.15) is 0 Å².